The highest BCUT2D eigenvalue weighted by Crippen LogP contribution is 2.39. The summed E-state index contributed by atoms with van der Waals surface area (Å²) in [4.78, 5) is 2.66. The number of piperidine rings is 1. The van der Waals surface area contributed by atoms with Crippen molar-refractivity contribution in [2.24, 2.45) is 11.8 Å². The monoisotopic (exact) mass is 260 g/mol. The highest BCUT2D eigenvalue weighted by atomic mass is 32.1. The summed E-state index contributed by atoms with van der Waals surface area (Å²) in [6.07, 6.45) is 1.21. The molecule has 4 nitrogen and oxygen atoms in total. The van der Waals surface area contributed by atoms with E-state index >= 15 is 0 Å². The maximum atomic E-state index is 9.21. The van der Waals surface area contributed by atoms with Crippen molar-refractivity contribution in [2.45, 2.75) is 20.3 Å². The molecule has 2 atom stereocenters. The Morgan fingerprint density at radius 2 is 1.83 bits per heavy atom. The van der Waals surface area contributed by atoms with E-state index in [1.165, 1.54) is 17.8 Å². The summed E-state index contributed by atoms with van der Waals surface area (Å²) >= 11 is 1.34. The number of anilines is 2. The number of rotatable bonds is 1. The van der Waals surface area contributed by atoms with E-state index in [4.69, 9.17) is 11.0 Å². The van der Waals surface area contributed by atoms with Crippen LogP contribution in [0.3, 0.4) is 0 Å². The number of hydrogen-bond acceptors (Lipinski definition) is 5. The lowest BCUT2D eigenvalue weighted by Crippen LogP contribution is -2.38. The normalized spacial score (nSPS) is 23.4. The van der Waals surface area contributed by atoms with E-state index < -0.39 is 0 Å². The van der Waals surface area contributed by atoms with Gasteiger partial charge in [-0.05, 0) is 18.3 Å². The van der Waals surface area contributed by atoms with Gasteiger partial charge in [0, 0.05) is 13.1 Å². The zero-order valence-corrected chi connectivity index (χ0v) is 11.4. The van der Waals surface area contributed by atoms with Gasteiger partial charge in [0.2, 0.25) is 0 Å². The molecule has 1 aromatic rings. The molecule has 0 amide bonds. The first-order chi connectivity index (χ1) is 8.56. The Morgan fingerprint density at radius 1 is 1.22 bits per heavy atom. The fourth-order valence-corrected chi connectivity index (χ4v) is 3.66. The highest BCUT2D eigenvalue weighted by Gasteiger charge is 2.27. The molecule has 2 rings (SSSR count). The quantitative estimate of drug-likeness (QED) is 0.841. The molecule has 1 aliphatic rings. The van der Waals surface area contributed by atoms with Crippen LogP contribution in [-0.2, 0) is 0 Å². The van der Waals surface area contributed by atoms with Crippen LogP contribution < -0.4 is 10.6 Å². The zero-order valence-electron chi connectivity index (χ0n) is 10.6. The molecular weight excluding hydrogens is 244 g/mol. The van der Waals surface area contributed by atoms with Crippen molar-refractivity contribution in [1.82, 2.24) is 0 Å². The molecule has 0 radical (unpaired) electrons. The predicted molar refractivity (Wildman–Crippen MR) is 73.3 cm³/mol. The van der Waals surface area contributed by atoms with Gasteiger partial charge < -0.3 is 10.6 Å². The first kappa shape index (κ1) is 12.7. The maximum Gasteiger partial charge on any atom is 0.131 e. The Morgan fingerprint density at radius 3 is 2.33 bits per heavy atom. The van der Waals surface area contributed by atoms with Gasteiger partial charge in [0.1, 0.15) is 27.6 Å². The third-order valence-electron chi connectivity index (χ3n) is 3.30. The summed E-state index contributed by atoms with van der Waals surface area (Å²) in [5, 5.41) is 19.1. The second-order valence-electron chi connectivity index (χ2n) is 5.10. The van der Waals surface area contributed by atoms with Crippen LogP contribution in [0.1, 0.15) is 30.7 Å². The molecule has 0 aromatic carbocycles. The minimum absolute atomic E-state index is 0.339. The van der Waals surface area contributed by atoms with Crippen molar-refractivity contribution in [3.05, 3.63) is 10.4 Å². The van der Waals surface area contributed by atoms with E-state index in [1.54, 1.807) is 0 Å². The number of hydrogen-bond donors (Lipinski definition) is 1. The summed E-state index contributed by atoms with van der Waals surface area (Å²) in [5.74, 6) is 1.21. The van der Waals surface area contributed by atoms with Gasteiger partial charge in [-0.15, -0.1) is 11.3 Å². The van der Waals surface area contributed by atoms with Crippen LogP contribution in [0.25, 0.3) is 0 Å². The van der Waals surface area contributed by atoms with E-state index in [2.05, 4.69) is 30.9 Å². The molecular formula is C13H16N4S. The van der Waals surface area contributed by atoms with Gasteiger partial charge in [0.15, 0.2) is 0 Å². The van der Waals surface area contributed by atoms with E-state index in [1.807, 2.05) is 0 Å². The molecule has 5 heteroatoms. The molecule has 18 heavy (non-hydrogen) atoms. The molecule has 94 valence electrons. The van der Waals surface area contributed by atoms with Gasteiger partial charge in [0.25, 0.3) is 0 Å². The van der Waals surface area contributed by atoms with Crippen LogP contribution in [0.2, 0.25) is 0 Å². The van der Waals surface area contributed by atoms with Gasteiger partial charge in [-0.1, -0.05) is 13.8 Å². The van der Waals surface area contributed by atoms with E-state index in [-0.39, 0.29) is 0 Å². The van der Waals surface area contributed by atoms with Crippen LogP contribution >= 0.6 is 11.3 Å². The van der Waals surface area contributed by atoms with Gasteiger partial charge in [-0.3, -0.25) is 0 Å². The zero-order chi connectivity index (χ0) is 13.3. The largest absolute Gasteiger partial charge is 0.396 e. The third-order valence-corrected chi connectivity index (χ3v) is 4.47. The van der Waals surface area contributed by atoms with Crippen LogP contribution in [0, 0.1) is 34.5 Å². The van der Waals surface area contributed by atoms with Crippen molar-refractivity contribution in [1.29, 1.82) is 10.5 Å². The number of nitriles is 2. The molecule has 0 saturated carbocycles. The predicted octanol–water partition coefficient (Wildman–Crippen LogP) is 2.56. The second kappa shape index (κ2) is 4.88. The summed E-state index contributed by atoms with van der Waals surface area (Å²) in [6, 6.07) is 4.21. The molecule has 0 spiro atoms. The first-order valence-electron chi connectivity index (χ1n) is 6.04. The second-order valence-corrected chi connectivity index (χ2v) is 6.10. The topological polar surface area (TPSA) is 76.8 Å². The molecule has 2 N–H and O–H groups in total. The lowest BCUT2D eigenvalue weighted by Gasteiger charge is -2.35. The molecule has 1 saturated heterocycles. The van der Waals surface area contributed by atoms with Gasteiger partial charge >= 0.3 is 0 Å². The van der Waals surface area contributed by atoms with Gasteiger partial charge in [-0.2, -0.15) is 10.5 Å². The van der Waals surface area contributed by atoms with E-state index in [0.717, 1.165) is 18.1 Å². The minimum Gasteiger partial charge on any atom is -0.396 e. The third kappa shape index (κ3) is 2.14. The van der Waals surface area contributed by atoms with E-state index in [0.29, 0.717) is 28.0 Å². The summed E-state index contributed by atoms with van der Waals surface area (Å²) in [7, 11) is 0. The number of nitrogens with two attached hydrogens (primary N) is 1. The molecule has 1 aliphatic heterocycles. The average molecular weight is 260 g/mol. The summed E-state index contributed by atoms with van der Waals surface area (Å²) in [6.45, 7) is 6.31. The summed E-state index contributed by atoms with van der Waals surface area (Å²) in [5.41, 5.74) is 6.65. The molecule has 0 bridgehead atoms. The Hall–Kier alpha value is -1.72. The lowest BCUT2D eigenvalue weighted by molar-refractivity contribution is 0.358. The Kier molecular flexibility index (Phi) is 3.45. The Balaban J connectivity index is 2.39. The lowest BCUT2D eigenvalue weighted by atomic mass is 9.92. The van der Waals surface area contributed by atoms with E-state index in [9.17, 15) is 5.26 Å². The van der Waals surface area contributed by atoms with Gasteiger partial charge in [0.05, 0.1) is 5.69 Å². The molecule has 2 unspecified atom stereocenters. The molecule has 0 aliphatic carbocycles. The fraction of sp³-hybridized carbons (Fsp3) is 0.538. The Bertz CT molecular complexity index is 524. The highest BCUT2D eigenvalue weighted by molar-refractivity contribution is 7.17. The number of thiophene rings is 1. The standard InChI is InChI=1S/C13H16N4S/c1-8-3-9(2)7-17(6-8)13-10(4-14)12(16)11(5-15)18-13/h8-9H,3,6-7,16H2,1-2H3. The summed E-state index contributed by atoms with van der Waals surface area (Å²) < 4.78 is 0. The molecule has 1 aromatic heterocycles. The average Bonchev–Trinajstić information content (AvgIpc) is 2.64. The smallest absolute Gasteiger partial charge is 0.131 e. The molecule has 2 heterocycles. The first-order valence-corrected chi connectivity index (χ1v) is 6.85. The van der Waals surface area contributed by atoms with Crippen LogP contribution in [0.15, 0.2) is 0 Å². The van der Waals surface area contributed by atoms with Crippen LogP contribution in [0.5, 0.6) is 0 Å². The van der Waals surface area contributed by atoms with Crippen LogP contribution in [0.4, 0.5) is 10.7 Å². The van der Waals surface area contributed by atoms with Crippen molar-refractivity contribution >= 4 is 22.0 Å². The number of nitrogen functional groups attached to an aromatic ring is 1. The maximum absolute atomic E-state index is 9.21. The van der Waals surface area contributed by atoms with Gasteiger partial charge in [-0.25, -0.2) is 0 Å². The number of nitrogens with zero attached hydrogens (tertiary/aromatic N) is 3. The van der Waals surface area contributed by atoms with Crippen molar-refractivity contribution < 1.29 is 0 Å². The molecule has 1 fully saturated rings. The Labute approximate surface area is 111 Å². The van der Waals surface area contributed by atoms with Crippen molar-refractivity contribution in [3.63, 3.8) is 0 Å². The SMILES string of the molecule is CC1CC(C)CN(c2sc(C#N)c(N)c2C#N)C1. The fourth-order valence-electron chi connectivity index (χ4n) is 2.67. The van der Waals surface area contributed by atoms with Crippen molar-refractivity contribution in [2.75, 3.05) is 23.7 Å². The van der Waals surface area contributed by atoms with Crippen LogP contribution in [-0.4, -0.2) is 13.1 Å². The minimum atomic E-state index is 0.339. The van der Waals surface area contributed by atoms with Crippen molar-refractivity contribution in [3.8, 4) is 12.1 Å².